The highest BCUT2D eigenvalue weighted by molar-refractivity contribution is 5.76. The lowest BCUT2D eigenvalue weighted by atomic mass is 9.33. The normalized spacial score (nSPS) is 53.4. The average molecular weight is 473 g/mol. The number of hydrogen-bond donors (Lipinski definition) is 3. The molecule has 192 valence electrons. The van der Waals surface area contributed by atoms with Crippen molar-refractivity contribution in [3.63, 3.8) is 0 Å². The summed E-state index contributed by atoms with van der Waals surface area (Å²) >= 11 is 0. The maximum atomic E-state index is 12.8. The summed E-state index contributed by atoms with van der Waals surface area (Å²) in [6.45, 7) is 16.3. The third kappa shape index (κ3) is 2.88. The first-order valence-corrected chi connectivity index (χ1v) is 13.9. The van der Waals surface area contributed by atoms with Crippen molar-refractivity contribution in [2.75, 3.05) is 0 Å². The standard InChI is InChI=1S/C30H48O4/c1-25(2)12-14-30(24(33)34)15-13-28(6)18(19(30)16-25)8-9-22-27(5)17-20(31)23(32)26(3,4)21(27)10-11-29(22,28)7/h8,19-23,31-32H,9-17H2,1-7H3,(H,33,34)/t19-,20+,21-,22?,23-,27-,28+,29+,30-/m0/s1. The van der Waals surface area contributed by atoms with Crippen LogP contribution >= 0.6 is 0 Å². The number of carboxylic acids is 1. The van der Waals surface area contributed by atoms with Crippen LogP contribution in [0.15, 0.2) is 11.6 Å². The minimum Gasteiger partial charge on any atom is -0.481 e. The van der Waals surface area contributed by atoms with Crippen LogP contribution in [0.3, 0.4) is 0 Å². The first kappa shape index (κ1) is 24.8. The number of carbonyl (C=O) groups is 1. The summed E-state index contributed by atoms with van der Waals surface area (Å²) in [5.41, 5.74) is 0.754. The second kappa shape index (κ2) is 7.12. The molecule has 1 unspecified atom stereocenters. The summed E-state index contributed by atoms with van der Waals surface area (Å²) < 4.78 is 0. The van der Waals surface area contributed by atoms with Gasteiger partial charge < -0.3 is 15.3 Å². The van der Waals surface area contributed by atoms with Crippen molar-refractivity contribution >= 4 is 5.97 Å². The fraction of sp³-hybridized carbons (Fsp3) is 0.900. The van der Waals surface area contributed by atoms with E-state index in [-0.39, 0.29) is 33.0 Å². The first-order valence-electron chi connectivity index (χ1n) is 13.9. The predicted octanol–water partition coefficient (Wildman–Crippen LogP) is 6.20. The molecule has 3 N–H and O–H groups in total. The molecule has 5 aliphatic rings. The molecule has 4 heteroatoms. The molecule has 4 nitrogen and oxygen atoms in total. The van der Waals surface area contributed by atoms with E-state index in [0.29, 0.717) is 18.3 Å². The number of aliphatic hydroxyl groups excluding tert-OH is 2. The third-order valence-corrected chi connectivity index (χ3v) is 13.0. The molecule has 4 saturated carbocycles. The van der Waals surface area contributed by atoms with Crippen LogP contribution in [-0.4, -0.2) is 33.5 Å². The quantitative estimate of drug-likeness (QED) is 0.397. The Morgan fingerprint density at radius 3 is 2.18 bits per heavy atom. The van der Waals surface area contributed by atoms with Crippen molar-refractivity contribution in [1.29, 1.82) is 0 Å². The summed E-state index contributed by atoms with van der Waals surface area (Å²) in [5, 5.41) is 32.4. The van der Waals surface area contributed by atoms with Gasteiger partial charge in [-0.3, -0.25) is 4.79 Å². The number of hydrogen-bond acceptors (Lipinski definition) is 3. The molecule has 5 aliphatic carbocycles. The highest BCUT2D eigenvalue weighted by Gasteiger charge is 2.70. The Bertz CT molecular complexity index is 919. The van der Waals surface area contributed by atoms with Crippen LogP contribution in [0.1, 0.15) is 106 Å². The van der Waals surface area contributed by atoms with E-state index in [9.17, 15) is 20.1 Å². The van der Waals surface area contributed by atoms with Crippen LogP contribution in [0.2, 0.25) is 0 Å². The van der Waals surface area contributed by atoms with E-state index in [2.05, 4.69) is 54.5 Å². The number of aliphatic carboxylic acids is 1. The maximum absolute atomic E-state index is 12.8. The van der Waals surface area contributed by atoms with E-state index >= 15 is 0 Å². The van der Waals surface area contributed by atoms with Gasteiger partial charge in [0.05, 0.1) is 17.6 Å². The lowest BCUT2D eigenvalue weighted by molar-refractivity contribution is -0.231. The molecule has 0 heterocycles. The number of aliphatic hydroxyl groups is 2. The molecule has 5 rings (SSSR count). The molecule has 0 spiro atoms. The van der Waals surface area contributed by atoms with Gasteiger partial charge in [0.2, 0.25) is 0 Å². The highest BCUT2D eigenvalue weighted by Crippen LogP contribution is 2.75. The number of fused-ring (bicyclic) bond motifs is 7. The van der Waals surface area contributed by atoms with Crippen molar-refractivity contribution in [3.8, 4) is 0 Å². The Labute approximate surface area is 206 Å². The van der Waals surface area contributed by atoms with Crippen molar-refractivity contribution in [3.05, 3.63) is 11.6 Å². The van der Waals surface area contributed by atoms with Crippen LogP contribution < -0.4 is 0 Å². The maximum Gasteiger partial charge on any atom is 0.310 e. The summed E-state index contributed by atoms with van der Waals surface area (Å²) in [5.74, 6) is 0.365. The molecule has 9 atom stereocenters. The minimum atomic E-state index is -0.679. The lowest BCUT2D eigenvalue weighted by Crippen LogP contribution is -2.67. The van der Waals surface area contributed by atoms with Crippen LogP contribution in [0.5, 0.6) is 0 Å². The fourth-order valence-corrected chi connectivity index (χ4v) is 10.8. The molecular formula is C30H48O4. The number of allylic oxidation sites excluding steroid dienone is 2. The summed E-state index contributed by atoms with van der Waals surface area (Å²) in [6, 6.07) is 0. The zero-order chi connectivity index (χ0) is 25.1. The minimum absolute atomic E-state index is 0.00785. The molecule has 0 aliphatic heterocycles. The second-order valence-electron chi connectivity index (χ2n) is 15.2. The van der Waals surface area contributed by atoms with Gasteiger partial charge in [0.1, 0.15) is 0 Å². The monoisotopic (exact) mass is 472 g/mol. The van der Waals surface area contributed by atoms with Crippen molar-refractivity contribution in [2.24, 2.45) is 50.2 Å². The molecule has 0 saturated heterocycles. The molecule has 0 aromatic rings. The van der Waals surface area contributed by atoms with Crippen LogP contribution in [0.25, 0.3) is 0 Å². The van der Waals surface area contributed by atoms with Crippen molar-refractivity contribution in [2.45, 2.75) is 118 Å². The van der Waals surface area contributed by atoms with E-state index in [4.69, 9.17) is 0 Å². The number of carboxylic acid groups (broad SMARTS) is 1. The SMILES string of the molecule is CC1(C)CC[C@]2(C(=O)O)CC[C@]3(C)C(=CCC4[C@@]5(C)C[C@@H](O)[C@H](O)C(C)(C)[C@@H]5CC[C@]43C)[C@@H]2C1. The smallest absolute Gasteiger partial charge is 0.310 e. The van der Waals surface area contributed by atoms with Gasteiger partial charge in [-0.05, 0) is 103 Å². The summed E-state index contributed by atoms with van der Waals surface area (Å²) in [7, 11) is 0. The predicted molar refractivity (Wildman–Crippen MR) is 134 cm³/mol. The molecule has 0 aromatic carbocycles. The van der Waals surface area contributed by atoms with Gasteiger partial charge in [0, 0.05) is 0 Å². The highest BCUT2D eigenvalue weighted by atomic mass is 16.4. The lowest BCUT2D eigenvalue weighted by Gasteiger charge is -2.71. The Kier molecular flexibility index (Phi) is 5.20. The molecule has 34 heavy (non-hydrogen) atoms. The van der Waals surface area contributed by atoms with Gasteiger partial charge in [-0.25, -0.2) is 0 Å². The third-order valence-electron chi connectivity index (χ3n) is 13.0. The Morgan fingerprint density at radius 1 is 0.882 bits per heavy atom. The van der Waals surface area contributed by atoms with E-state index in [1.807, 2.05) is 0 Å². The van der Waals surface area contributed by atoms with E-state index < -0.39 is 23.6 Å². The largest absolute Gasteiger partial charge is 0.481 e. The van der Waals surface area contributed by atoms with Gasteiger partial charge in [-0.2, -0.15) is 0 Å². The average Bonchev–Trinajstić information content (AvgIpc) is 2.72. The fourth-order valence-electron chi connectivity index (χ4n) is 10.8. The molecule has 0 radical (unpaired) electrons. The molecule has 4 fully saturated rings. The topological polar surface area (TPSA) is 77.8 Å². The van der Waals surface area contributed by atoms with Gasteiger partial charge in [-0.1, -0.05) is 60.1 Å². The van der Waals surface area contributed by atoms with E-state index in [0.717, 1.165) is 51.4 Å². The van der Waals surface area contributed by atoms with E-state index in [1.165, 1.54) is 5.57 Å². The summed E-state index contributed by atoms with van der Waals surface area (Å²) in [4.78, 5) is 12.8. The molecule has 0 amide bonds. The molecule has 0 bridgehead atoms. The number of rotatable bonds is 1. The van der Waals surface area contributed by atoms with Crippen LogP contribution in [0, 0.1) is 50.2 Å². The Hall–Kier alpha value is -0.870. The first-order chi connectivity index (χ1) is 15.6. The van der Waals surface area contributed by atoms with Gasteiger partial charge in [0.25, 0.3) is 0 Å². The second-order valence-corrected chi connectivity index (χ2v) is 15.2. The summed E-state index contributed by atoms with van der Waals surface area (Å²) in [6.07, 6.45) is 9.45. The Balaban J connectivity index is 1.61. The van der Waals surface area contributed by atoms with E-state index in [1.54, 1.807) is 0 Å². The van der Waals surface area contributed by atoms with Gasteiger partial charge in [-0.15, -0.1) is 0 Å². The molecule has 0 aromatic heterocycles. The molecular weight excluding hydrogens is 424 g/mol. The van der Waals surface area contributed by atoms with Gasteiger partial charge >= 0.3 is 5.97 Å². The van der Waals surface area contributed by atoms with Crippen LogP contribution in [0.4, 0.5) is 0 Å². The zero-order valence-electron chi connectivity index (χ0n) is 22.6. The van der Waals surface area contributed by atoms with Gasteiger partial charge in [0.15, 0.2) is 0 Å². The van der Waals surface area contributed by atoms with Crippen molar-refractivity contribution < 1.29 is 20.1 Å². The zero-order valence-corrected chi connectivity index (χ0v) is 22.6. The van der Waals surface area contributed by atoms with Crippen molar-refractivity contribution in [1.82, 2.24) is 0 Å². The van der Waals surface area contributed by atoms with Crippen LogP contribution in [-0.2, 0) is 4.79 Å². The Morgan fingerprint density at radius 2 is 1.53 bits per heavy atom.